The Morgan fingerprint density at radius 2 is 2.07 bits per heavy atom. The Kier molecular flexibility index (Phi) is 6.54. The molecule has 28 heavy (non-hydrogen) atoms. The van der Waals surface area contributed by atoms with Crippen molar-refractivity contribution in [3.63, 3.8) is 0 Å². The van der Waals surface area contributed by atoms with Crippen LogP contribution in [0.25, 0.3) is 16.9 Å². The van der Waals surface area contributed by atoms with E-state index in [-0.39, 0.29) is 24.4 Å². The first-order valence-electron chi connectivity index (χ1n) is 9.57. The first-order chi connectivity index (χ1) is 13.3. The fourth-order valence-electron chi connectivity index (χ4n) is 3.62. The molecule has 1 saturated heterocycles. The minimum Gasteiger partial charge on any atom is -0.350 e. The third-order valence-electron chi connectivity index (χ3n) is 5.03. The summed E-state index contributed by atoms with van der Waals surface area (Å²) in [7, 11) is 0. The summed E-state index contributed by atoms with van der Waals surface area (Å²) in [4.78, 5) is 18.3. The summed E-state index contributed by atoms with van der Waals surface area (Å²) < 4.78 is 1.84. The fourth-order valence-corrected chi connectivity index (χ4v) is 3.62. The number of halogens is 1. The first kappa shape index (κ1) is 20.2. The van der Waals surface area contributed by atoms with Crippen LogP contribution in [0, 0.1) is 0 Å². The van der Waals surface area contributed by atoms with E-state index in [0.717, 1.165) is 49.4 Å². The predicted molar refractivity (Wildman–Crippen MR) is 113 cm³/mol. The van der Waals surface area contributed by atoms with E-state index in [9.17, 15) is 4.79 Å². The van der Waals surface area contributed by atoms with Gasteiger partial charge in [-0.05, 0) is 43.7 Å². The average Bonchev–Trinajstić information content (AvgIpc) is 3.47. The molecule has 0 bridgehead atoms. The number of rotatable bonds is 6. The minimum absolute atomic E-state index is 0. The van der Waals surface area contributed by atoms with Crippen molar-refractivity contribution >= 4 is 18.3 Å². The Morgan fingerprint density at radius 3 is 2.79 bits per heavy atom. The monoisotopic (exact) mass is 399 g/mol. The Morgan fingerprint density at radius 1 is 1.25 bits per heavy atom. The van der Waals surface area contributed by atoms with Gasteiger partial charge in [-0.1, -0.05) is 25.1 Å². The lowest BCUT2D eigenvalue weighted by Crippen LogP contribution is -2.42. The van der Waals surface area contributed by atoms with Crippen molar-refractivity contribution in [1.29, 1.82) is 0 Å². The number of nitrogens with one attached hydrogen (secondary N) is 2. The molecule has 3 aromatic rings. The van der Waals surface area contributed by atoms with E-state index in [1.165, 1.54) is 0 Å². The van der Waals surface area contributed by atoms with Crippen molar-refractivity contribution in [3.05, 3.63) is 60.6 Å². The largest absolute Gasteiger partial charge is 0.350 e. The Bertz CT molecular complexity index is 898. The van der Waals surface area contributed by atoms with Gasteiger partial charge in [0.15, 0.2) is 0 Å². The normalized spacial score (nSPS) is 16.0. The maximum absolute atomic E-state index is 13.0. The minimum atomic E-state index is 0. The lowest BCUT2D eigenvalue weighted by molar-refractivity contribution is 0.0687. The molecule has 3 heterocycles. The highest BCUT2D eigenvalue weighted by molar-refractivity contribution is 5.93. The van der Waals surface area contributed by atoms with Crippen LogP contribution in [-0.4, -0.2) is 51.2 Å². The molecular formula is C21H26ClN5O. The summed E-state index contributed by atoms with van der Waals surface area (Å²) in [6.45, 7) is 4.75. The second-order valence-electron chi connectivity index (χ2n) is 6.94. The van der Waals surface area contributed by atoms with Crippen LogP contribution in [-0.2, 0) is 0 Å². The molecule has 7 heteroatoms. The summed E-state index contributed by atoms with van der Waals surface area (Å²) in [5.41, 5.74) is 3.51. The molecule has 1 fully saturated rings. The molecule has 1 aliphatic rings. The number of aromatic amines is 1. The van der Waals surface area contributed by atoms with Gasteiger partial charge in [0.1, 0.15) is 5.69 Å². The van der Waals surface area contributed by atoms with Crippen LogP contribution in [0.1, 0.15) is 30.3 Å². The third-order valence-corrected chi connectivity index (χ3v) is 5.03. The van der Waals surface area contributed by atoms with Gasteiger partial charge < -0.3 is 15.2 Å². The number of nitrogens with zero attached hydrogens (tertiary/aromatic N) is 3. The van der Waals surface area contributed by atoms with Crippen molar-refractivity contribution in [2.24, 2.45) is 0 Å². The summed E-state index contributed by atoms with van der Waals surface area (Å²) in [6.07, 6.45) is 5.76. The number of carbonyl (C=O) groups excluding carboxylic acids is 1. The zero-order valence-corrected chi connectivity index (χ0v) is 16.8. The van der Waals surface area contributed by atoms with Crippen molar-refractivity contribution in [2.75, 3.05) is 19.6 Å². The van der Waals surface area contributed by atoms with Gasteiger partial charge in [-0.2, -0.15) is 5.10 Å². The molecular weight excluding hydrogens is 374 g/mol. The van der Waals surface area contributed by atoms with Gasteiger partial charge >= 0.3 is 0 Å². The van der Waals surface area contributed by atoms with Crippen LogP contribution in [0.2, 0.25) is 0 Å². The van der Waals surface area contributed by atoms with Crippen LogP contribution in [0.15, 0.2) is 54.9 Å². The molecule has 2 aromatic heterocycles. The number of benzene rings is 1. The van der Waals surface area contributed by atoms with Gasteiger partial charge in [0.25, 0.3) is 5.91 Å². The van der Waals surface area contributed by atoms with Crippen molar-refractivity contribution in [2.45, 2.75) is 25.8 Å². The van der Waals surface area contributed by atoms with Crippen LogP contribution in [0.4, 0.5) is 0 Å². The average molecular weight is 400 g/mol. The Hall–Kier alpha value is -2.57. The highest BCUT2D eigenvalue weighted by Gasteiger charge is 2.27. The van der Waals surface area contributed by atoms with Gasteiger partial charge in [0.2, 0.25) is 0 Å². The molecule has 1 amide bonds. The topological polar surface area (TPSA) is 66.0 Å². The number of carbonyl (C=O) groups is 1. The number of H-pyrrole nitrogens is 1. The molecule has 0 unspecified atom stereocenters. The molecule has 0 spiro atoms. The molecule has 4 rings (SSSR count). The van der Waals surface area contributed by atoms with Crippen molar-refractivity contribution in [3.8, 4) is 16.9 Å². The summed E-state index contributed by atoms with van der Waals surface area (Å²) in [5, 5.41) is 7.79. The summed E-state index contributed by atoms with van der Waals surface area (Å²) in [5.74, 6) is 0.0762. The third kappa shape index (κ3) is 4.13. The smallest absolute Gasteiger partial charge is 0.270 e. The van der Waals surface area contributed by atoms with Gasteiger partial charge in [-0.3, -0.25) is 4.79 Å². The maximum atomic E-state index is 13.0. The van der Waals surface area contributed by atoms with Crippen LogP contribution in [0.3, 0.4) is 0 Å². The number of hydrogen-bond donors (Lipinski definition) is 2. The molecule has 148 valence electrons. The fraction of sp³-hybridized carbons (Fsp3) is 0.333. The van der Waals surface area contributed by atoms with E-state index in [4.69, 9.17) is 0 Å². The van der Waals surface area contributed by atoms with E-state index in [2.05, 4.69) is 22.3 Å². The van der Waals surface area contributed by atoms with E-state index in [1.807, 2.05) is 64.4 Å². The van der Waals surface area contributed by atoms with Crippen LogP contribution < -0.4 is 5.32 Å². The maximum Gasteiger partial charge on any atom is 0.270 e. The van der Waals surface area contributed by atoms with E-state index < -0.39 is 0 Å². The van der Waals surface area contributed by atoms with Crippen molar-refractivity contribution in [1.82, 2.24) is 25.0 Å². The van der Waals surface area contributed by atoms with E-state index in [0.29, 0.717) is 5.69 Å². The van der Waals surface area contributed by atoms with E-state index in [1.54, 1.807) is 0 Å². The number of hydrogen-bond acceptors (Lipinski definition) is 3. The molecule has 0 aliphatic carbocycles. The standard InChI is InChI=1S/C21H25N5O.ClH/c1-2-12-25(18-10-11-22-14-18)21(27)20-9-8-19(24-20)16-13-23-26(15-16)17-6-4-3-5-7-17;/h3-9,13,15,18,22,24H,2,10-12,14H2,1H3;1H/t18-;/m1./s1. The SMILES string of the molecule is CCCN(C(=O)c1ccc(-c2cnn(-c3ccccc3)c2)[nH]1)[C@@H]1CCNC1.Cl. The predicted octanol–water partition coefficient (Wildman–Crippen LogP) is 3.50. The van der Waals surface area contributed by atoms with E-state index >= 15 is 0 Å². The number of para-hydroxylation sites is 1. The van der Waals surface area contributed by atoms with Crippen LogP contribution in [0.5, 0.6) is 0 Å². The molecule has 6 nitrogen and oxygen atoms in total. The molecule has 1 aromatic carbocycles. The quantitative estimate of drug-likeness (QED) is 0.666. The lowest BCUT2D eigenvalue weighted by atomic mass is 10.2. The van der Waals surface area contributed by atoms with Gasteiger partial charge in [0, 0.05) is 36.6 Å². The second-order valence-corrected chi connectivity index (χ2v) is 6.94. The molecule has 0 radical (unpaired) electrons. The molecule has 0 saturated carbocycles. The molecule has 1 atom stereocenters. The zero-order valence-electron chi connectivity index (χ0n) is 16.0. The highest BCUT2D eigenvalue weighted by Crippen LogP contribution is 2.21. The molecule has 1 aliphatic heterocycles. The Balaban J connectivity index is 0.00000225. The van der Waals surface area contributed by atoms with Crippen molar-refractivity contribution < 1.29 is 4.79 Å². The summed E-state index contributed by atoms with van der Waals surface area (Å²) in [6, 6.07) is 14.1. The van der Waals surface area contributed by atoms with Gasteiger partial charge in [-0.15, -0.1) is 12.4 Å². The summed E-state index contributed by atoms with van der Waals surface area (Å²) >= 11 is 0. The molecule has 2 N–H and O–H groups in total. The highest BCUT2D eigenvalue weighted by atomic mass is 35.5. The first-order valence-corrected chi connectivity index (χ1v) is 9.57. The van der Waals surface area contributed by atoms with Crippen LogP contribution >= 0.6 is 12.4 Å². The lowest BCUT2D eigenvalue weighted by Gasteiger charge is -2.27. The number of aromatic nitrogens is 3. The Labute approximate surface area is 171 Å². The van der Waals surface area contributed by atoms with Gasteiger partial charge in [-0.25, -0.2) is 4.68 Å². The van der Waals surface area contributed by atoms with Gasteiger partial charge in [0.05, 0.1) is 11.9 Å². The zero-order chi connectivity index (χ0) is 18.6. The second kappa shape index (κ2) is 9.08. The number of amides is 1.